The molecule has 2 heterocycles. The van der Waals surface area contributed by atoms with E-state index in [1.54, 1.807) is 0 Å². The molecule has 10 heteroatoms. The summed E-state index contributed by atoms with van der Waals surface area (Å²) >= 11 is 1.49. The predicted octanol–water partition coefficient (Wildman–Crippen LogP) is 2.62. The maximum Gasteiger partial charge on any atom is 0.221 e. The van der Waals surface area contributed by atoms with Crippen LogP contribution in [0.1, 0.15) is 25.2 Å². The first-order chi connectivity index (χ1) is 14.1. The molecule has 1 aromatic heterocycles. The lowest BCUT2D eigenvalue weighted by molar-refractivity contribution is -0.114. The minimum Gasteiger partial charge on any atom is -0.356 e. The minimum atomic E-state index is -0.0553. The summed E-state index contributed by atoms with van der Waals surface area (Å²) < 4.78 is 4.39. The molecule has 30 heavy (non-hydrogen) atoms. The molecule has 0 aliphatic carbocycles. The lowest BCUT2D eigenvalue weighted by Gasteiger charge is -2.36. The van der Waals surface area contributed by atoms with E-state index < -0.39 is 0 Å². The first-order valence-electron chi connectivity index (χ1n) is 9.98. The zero-order chi connectivity index (χ0) is 20.6. The third-order valence-electron chi connectivity index (χ3n) is 4.81. The number of aliphatic imine (C=N–C) groups is 1. The number of hydrogen-bond acceptors (Lipinski definition) is 6. The Morgan fingerprint density at radius 1 is 1.20 bits per heavy atom. The van der Waals surface area contributed by atoms with E-state index in [0.29, 0.717) is 0 Å². The zero-order valence-corrected chi connectivity index (χ0v) is 20.9. The van der Waals surface area contributed by atoms with Gasteiger partial charge in [-0.1, -0.05) is 19.1 Å². The number of benzene rings is 1. The molecule has 1 aliphatic heterocycles. The number of anilines is 2. The highest BCUT2D eigenvalue weighted by Crippen LogP contribution is 2.19. The molecule has 0 radical (unpaired) electrons. The fourth-order valence-corrected chi connectivity index (χ4v) is 4.04. The SMILES string of the molecule is CCc1nsc(N2CCN(C(=NC)NCCc3ccc(NC(C)=O)cc3)CC2)n1.I. The molecule has 1 saturated heterocycles. The van der Waals surface area contributed by atoms with Crippen molar-refractivity contribution < 1.29 is 4.79 Å². The van der Waals surface area contributed by atoms with Gasteiger partial charge in [-0.25, -0.2) is 4.98 Å². The molecule has 1 aliphatic rings. The van der Waals surface area contributed by atoms with Crippen LogP contribution in [0.15, 0.2) is 29.3 Å². The number of rotatable bonds is 6. The van der Waals surface area contributed by atoms with Gasteiger partial charge < -0.3 is 20.4 Å². The highest BCUT2D eigenvalue weighted by atomic mass is 127. The topological polar surface area (TPSA) is 85.8 Å². The molecule has 1 aromatic carbocycles. The number of carbonyl (C=O) groups is 1. The summed E-state index contributed by atoms with van der Waals surface area (Å²) in [5.41, 5.74) is 2.04. The highest BCUT2D eigenvalue weighted by molar-refractivity contribution is 14.0. The number of halogens is 1. The van der Waals surface area contributed by atoms with Crippen molar-refractivity contribution in [3.63, 3.8) is 0 Å². The van der Waals surface area contributed by atoms with E-state index in [1.165, 1.54) is 24.0 Å². The van der Waals surface area contributed by atoms with E-state index >= 15 is 0 Å². The minimum absolute atomic E-state index is 0. The van der Waals surface area contributed by atoms with Gasteiger partial charge in [-0.3, -0.25) is 9.79 Å². The maximum atomic E-state index is 11.1. The highest BCUT2D eigenvalue weighted by Gasteiger charge is 2.21. The van der Waals surface area contributed by atoms with Crippen LogP contribution in [0.25, 0.3) is 0 Å². The van der Waals surface area contributed by atoms with Crippen LogP contribution >= 0.6 is 35.5 Å². The standard InChI is InChI=1S/C20H29N7OS.HI/c1-4-18-24-20(29-25-18)27-13-11-26(12-14-27)19(21-3)22-10-9-16-5-7-17(8-6-16)23-15(2)28;/h5-8H,4,9-14H2,1-3H3,(H,21,22)(H,23,28);1H. The third kappa shape index (κ3) is 6.79. The molecule has 0 spiro atoms. The molecule has 0 saturated carbocycles. The van der Waals surface area contributed by atoms with Crippen LogP contribution in [0.3, 0.4) is 0 Å². The van der Waals surface area contributed by atoms with Gasteiger partial charge in [-0.15, -0.1) is 24.0 Å². The number of amides is 1. The first kappa shape index (κ1) is 24.3. The van der Waals surface area contributed by atoms with Crippen LogP contribution in [0, 0.1) is 0 Å². The van der Waals surface area contributed by atoms with Crippen molar-refractivity contribution in [2.24, 2.45) is 4.99 Å². The molecule has 2 N–H and O–H groups in total. The van der Waals surface area contributed by atoms with Crippen LogP contribution in [0.2, 0.25) is 0 Å². The van der Waals surface area contributed by atoms with Gasteiger partial charge in [0.1, 0.15) is 5.82 Å². The van der Waals surface area contributed by atoms with Crippen molar-refractivity contribution >= 4 is 58.2 Å². The summed E-state index contributed by atoms with van der Waals surface area (Å²) in [5.74, 6) is 1.81. The quantitative estimate of drug-likeness (QED) is 0.331. The fraction of sp³-hybridized carbons (Fsp3) is 0.500. The second-order valence-corrected chi connectivity index (χ2v) is 7.65. The molecule has 3 rings (SSSR count). The van der Waals surface area contributed by atoms with Crippen LogP contribution in [0.4, 0.5) is 10.8 Å². The van der Waals surface area contributed by atoms with Crippen molar-refractivity contribution in [2.45, 2.75) is 26.7 Å². The molecule has 0 atom stereocenters. The number of carbonyl (C=O) groups excluding carboxylic acids is 1. The molecule has 164 valence electrons. The van der Waals surface area contributed by atoms with Crippen molar-refractivity contribution in [1.82, 2.24) is 19.6 Å². The van der Waals surface area contributed by atoms with Gasteiger partial charge in [-0.2, -0.15) is 4.37 Å². The summed E-state index contributed by atoms with van der Waals surface area (Å²) in [6.45, 7) is 8.06. The van der Waals surface area contributed by atoms with E-state index in [4.69, 9.17) is 0 Å². The normalized spacial score (nSPS) is 14.3. The molecule has 0 unspecified atom stereocenters. The molecule has 8 nitrogen and oxygen atoms in total. The Bertz CT molecular complexity index is 832. The van der Waals surface area contributed by atoms with Crippen LogP contribution in [0.5, 0.6) is 0 Å². The molecule has 2 aromatic rings. The molecule has 1 amide bonds. The van der Waals surface area contributed by atoms with Gasteiger partial charge in [0.2, 0.25) is 11.0 Å². The van der Waals surface area contributed by atoms with E-state index in [1.807, 2.05) is 31.3 Å². The molecule has 1 fully saturated rings. The van der Waals surface area contributed by atoms with E-state index in [2.05, 4.69) is 41.7 Å². The maximum absolute atomic E-state index is 11.1. The Labute approximate surface area is 199 Å². The van der Waals surface area contributed by atoms with Crippen molar-refractivity contribution in [2.75, 3.05) is 50.0 Å². The predicted molar refractivity (Wildman–Crippen MR) is 134 cm³/mol. The van der Waals surface area contributed by atoms with Crippen LogP contribution in [-0.2, 0) is 17.6 Å². The average Bonchev–Trinajstić information content (AvgIpc) is 3.22. The Hall–Kier alpha value is -1.95. The second-order valence-electron chi connectivity index (χ2n) is 6.92. The van der Waals surface area contributed by atoms with Crippen molar-refractivity contribution in [1.29, 1.82) is 0 Å². The number of piperazine rings is 1. The summed E-state index contributed by atoms with van der Waals surface area (Å²) in [4.78, 5) is 24.7. The van der Waals surface area contributed by atoms with Gasteiger partial charge >= 0.3 is 0 Å². The van der Waals surface area contributed by atoms with Crippen molar-refractivity contribution in [3.05, 3.63) is 35.7 Å². The molecule has 0 bridgehead atoms. The summed E-state index contributed by atoms with van der Waals surface area (Å²) in [6.07, 6.45) is 1.77. The average molecular weight is 543 g/mol. The van der Waals surface area contributed by atoms with Gasteiger partial charge in [0.25, 0.3) is 0 Å². The summed E-state index contributed by atoms with van der Waals surface area (Å²) in [5, 5.41) is 7.27. The van der Waals surface area contributed by atoms with Crippen molar-refractivity contribution in [3.8, 4) is 0 Å². The monoisotopic (exact) mass is 543 g/mol. The molecular formula is C20H30IN7OS. The lowest BCUT2D eigenvalue weighted by atomic mass is 10.1. The Balaban J connectivity index is 0.00000320. The number of nitrogens with one attached hydrogen (secondary N) is 2. The Morgan fingerprint density at radius 2 is 1.90 bits per heavy atom. The Kier molecular flexibility index (Phi) is 9.76. The molecular weight excluding hydrogens is 513 g/mol. The van der Waals surface area contributed by atoms with E-state index in [0.717, 1.165) is 68.2 Å². The van der Waals surface area contributed by atoms with Gasteiger partial charge in [-0.05, 0) is 24.1 Å². The second kappa shape index (κ2) is 12.0. The summed E-state index contributed by atoms with van der Waals surface area (Å²) in [6, 6.07) is 7.95. The lowest BCUT2D eigenvalue weighted by Crippen LogP contribution is -2.52. The first-order valence-corrected chi connectivity index (χ1v) is 10.8. The number of aryl methyl sites for hydroxylation is 1. The number of guanidine groups is 1. The van der Waals surface area contributed by atoms with Gasteiger partial charge in [0.05, 0.1) is 0 Å². The fourth-order valence-electron chi connectivity index (χ4n) is 3.24. The number of nitrogens with zero attached hydrogens (tertiary/aromatic N) is 5. The van der Waals surface area contributed by atoms with Crippen LogP contribution in [-0.4, -0.2) is 65.9 Å². The van der Waals surface area contributed by atoms with Crippen LogP contribution < -0.4 is 15.5 Å². The number of aromatic nitrogens is 2. The van der Waals surface area contributed by atoms with E-state index in [-0.39, 0.29) is 29.9 Å². The third-order valence-corrected chi connectivity index (χ3v) is 5.62. The zero-order valence-electron chi connectivity index (χ0n) is 17.7. The largest absolute Gasteiger partial charge is 0.356 e. The van der Waals surface area contributed by atoms with E-state index in [9.17, 15) is 4.79 Å². The van der Waals surface area contributed by atoms with Gasteiger partial charge in [0.15, 0.2) is 5.96 Å². The van der Waals surface area contributed by atoms with Gasteiger partial charge in [0, 0.05) is 70.3 Å². The number of hydrogen-bond donors (Lipinski definition) is 2. The smallest absolute Gasteiger partial charge is 0.221 e. The Morgan fingerprint density at radius 3 is 2.47 bits per heavy atom. The summed E-state index contributed by atoms with van der Waals surface area (Å²) in [7, 11) is 1.83.